The molecular formula is C39H34N2. The van der Waals surface area contributed by atoms with E-state index in [1.807, 2.05) is 0 Å². The van der Waals surface area contributed by atoms with Gasteiger partial charge in [0.05, 0.1) is 17.1 Å². The van der Waals surface area contributed by atoms with Gasteiger partial charge < -0.3 is 9.13 Å². The number of nitrogens with zero attached hydrogens (tertiary/aromatic N) is 2. The maximum absolute atomic E-state index is 2.56. The van der Waals surface area contributed by atoms with Crippen molar-refractivity contribution >= 4 is 49.3 Å². The highest BCUT2D eigenvalue weighted by Gasteiger charge is 2.28. The van der Waals surface area contributed by atoms with Crippen molar-refractivity contribution in [1.29, 1.82) is 0 Å². The van der Waals surface area contributed by atoms with Gasteiger partial charge in [-0.05, 0) is 73.7 Å². The summed E-state index contributed by atoms with van der Waals surface area (Å²) >= 11 is 0. The predicted octanol–water partition coefficient (Wildman–Crippen LogP) is 10.6. The summed E-state index contributed by atoms with van der Waals surface area (Å²) in [5.41, 5.74) is 12.4. The molecule has 4 aromatic carbocycles. The highest BCUT2D eigenvalue weighted by atomic mass is 15.0. The van der Waals surface area contributed by atoms with Crippen molar-refractivity contribution in [2.75, 3.05) is 0 Å². The molecule has 2 aromatic heterocycles. The predicted molar refractivity (Wildman–Crippen MR) is 175 cm³/mol. The van der Waals surface area contributed by atoms with Gasteiger partial charge in [-0.3, -0.25) is 0 Å². The Morgan fingerprint density at radius 2 is 1.10 bits per heavy atom. The Balaban J connectivity index is 1.21. The van der Waals surface area contributed by atoms with Crippen molar-refractivity contribution < 1.29 is 0 Å². The number of hydrogen-bond acceptors (Lipinski definition) is 0. The van der Waals surface area contributed by atoms with Crippen molar-refractivity contribution in [2.24, 2.45) is 5.92 Å². The van der Waals surface area contributed by atoms with Gasteiger partial charge in [-0.1, -0.05) is 97.4 Å². The first kappa shape index (κ1) is 24.3. The molecule has 2 aliphatic carbocycles. The van der Waals surface area contributed by atoms with E-state index in [-0.39, 0.29) is 6.04 Å². The third-order valence-electron chi connectivity index (χ3n) is 9.68. The zero-order valence-corrected chi connectivity index (χ0v) is 23.9. The molecule has 0 bridgehead atoms. The Hall–Kier alpha value is -4.56. The van der Waals surface area contributed by atoms with Crippen LogP contribution in [0.1, 0.15) is 39.7 Å². The van der Waals surface area contributed by atoms with Crippen LogP contribution in [0.2, 0.25) is 0 Å². The van der Waals surface area contributed by atoms with Crippen molar-refractivity contribution in [2.45, 2.75) is 39.7 Å². The summed E-state index contributed by atoms with van der Waals surface area (Å²) in [6.07, 6.45) is 9.41. The first-order valence-corrected chi connectivity index (χ1v) is 14.9. The van der Waals surface area contributed by atoms with E-state index in [2.05, 4.69) is 145 Å². The van der Waals surface area contributed by atoms with E-state index in [0.29, 0.717) is 5.92 Å². The average Bonchev–Trinajstić information content (AvgIpc) is 3.52. The summed E-state index contributed by atoms with van der Waals surface area (Å²) in [6.45, 7) is 7.07. The molecule has 0 amide bonds. The molecule has 0 saturated carbocycles. The fourth-order valence-electron chi connectivity index (χ4n) is 7.53. The molecule has 6 aromatic rings. The van der Waals surface area contributed by atoms with E-state index in [1.54, 1.807) is 0 Å². The molecule has 0 radical (unpaired) electrons. The first-order chi connectivity index (χ1) is 20.1. The van der Waals surface area contributed by atoms with Gasteiger partial charge in [-0.25, -0.2) is 0 Å². The van der Waals surface area contributed by atoms with Crippen LogP contribution in [-0.4, -0.2) is 9.13 Å². The molecule has 2 nitrogen and oxygen atoms in total. The highest BCUT2D eigenvalue weighted by Crippen LogP contribution is 2.44. The summed E-state index contributed by atoms with van der Waals surface area (Å²) < 4.78 is 5.05. The quantitative estimate of drug-likeness (QED) is 0.215. The monoisotopic (exact) mass is 530 g/mol. The summed E-state index contributed by atoms with van der Waals surface area (Å²) in [5.74, 6) is 0.400. The lowest BCUT2D eigenvalue weighted by atomic mass is 9.79. The second-order valence-corrected chi connectivity index (χ2v) is 11.8. The number of rotatable bonds is 3. The number of hydrogen-bond donors (Lipinski definition) is 0. The third kappa shape index (κ3) is 3.56. The van der Waals surface area contributed by atoms with Gasteiger partial charge in [-0.2, -0.15) is 0 Å². The van der Waals surface area contributed by atoms with Crippen LogP contribution in [0.25, 0.3) is 49.3 Å². The van der Waals surface area contributed by atoms with Gasteiger partial charge in [-0.15, -0.1) is 0 Å². The molecular weight excluding hydrogens is 496 g/mol. The van der Waals surface area contributed by atoms with E-state index in [9.17, 15) is 0 Å². The minimum atomic E-state index is 0.289. The van der Waals surface area contributed by atoms with Gasteiger partial charge >= 0.3 is 0 Å². The first-order valence-electron chi connectivity index (χ1n) is 14.9. The van der Waals surface area contributed by atoms with Gasteiger partial charge in [0.1, 0.15) is 0 Å². The molecule has 0 fully saturated rings. The van der Waals surface area contributed by atoms with Gasteiger partial charge in [0.15, 0.2) is 0 Å². The van der Waals surface area contributed by atoms with E-state index in [0.717, 1.165) is 12.8 Å². The zero-order chi connectivity index (χ0) is 27.7. The van der Waals surface area contributed by atoms with Crippen LogP contribution in [0.4, 0.5) is 0 Å². The second-order valence-electron chi connectivity index (χ2n) is 11.8. The number of allylic oxidation sites excluding steroid dienone is 8. The number of aromatic nitrogens is 2. The molecule has 8 rings (SSSR count). The van der Waals surface area contributed by atoms with E-state index < -0.39 is 0 Å². The van der Waals surface area contributed by atoms with Gasteiger partial charge in [0.25, 0.3) is 0 Å². The van der Waals surface area contributed by atoms with Crippen LogP contribution >= 0.6 is 0 Å². The second kappa shape index (κ2) is 9.24. The van der Waals surface area contributed by atoms with Crippen LogP contribution in [0.5, 0.6) is 0 Å². The van der Waals surface area contributed by atoms with E-state index >= 15 is 0 Å². The standard InChI is InChI=1S/C39H34N2/c1-25-24-28(40-36-16-8-4-12-31(36)32-13-5-9-17-37(32)40)20-21-29(25)30-22-23-35(27(3)26(30)2)41-38-18-10-6-14-33(38)34-15-7-11-19-39(34)41/h4-19,22-24,27,35H,20-21H2,1-3H3. The largest absolute Gasteiger partial charge is 0.333 e. The Morgan fingerprint density at radius 3 is 1.63 bits per heavy atom. The minimum absolute atomic E-state index is 0.289. The molecule has 41 heavy (non-hydrogen) atoms. The van der Waals surface area contributed by atoms with Crippen molar-refractivity contribution in [3.63, 3.8) is 0 Å². The van der Waals surface area contributed by atoms with Crippen molar-refractivity contribution in [1.82, 2.24) is 9.13 Å². The summed E-state index contributed by atoms with van der Waals surface area (Å²) in [4.78, 5) is 0. The lowest BCUT2D eigenvalue weighted by Gasteiger charge is -2.32. The topological polar surface area (TPSA) is 9.86 Å². The molecule has 0 spiro atoms. The Labute approximate surface area is 241 Å². The number of benzene rings is 4. The summed E-state index contributed by atoms with van der Waals surface area (Å²) in [7, 11) is 0. The molecule has 2 unspecified atom stereocenters. The molecule has 2 heteroatoms. The normalized spacial score (nSPS) is 19.7. The summed E-state index contributed by atoms with van der Waals surface area (Å²) in [6, 6.07) is 35.6. The smallest absolute Gasteiger partial charge is 0.0588 e. The van der Waals surface area contributed by atoms with Crippen molar-refractivity contribution in [3.05, 3.63) is 138 Å². The van der Waals surface area contributed by atoms with Gasteiger partial charge in [0, 0.05) is 44.2 Å². The highest BCUT2D eigenvalue weighted by molar-refractivity contribution is 6.10. The average molecular weight is 531 g/mol. The fraction of sp³-hybridized carbons (Fsp3) is 0.179. The van der Waals surface area contributed by atoms with Crippen LogP contribution in [-0.2, 0) is 0 Å². The lowest BCUT2D eigenvalue weighted by Crippen LogP contribution is -2.20. The molecule has 2 atom stereocenters. The summed E-state index contributed by atoms with van der Waals surface area (Å²) in [5, 5.41) is 5.33. The Kier molecular flexibility index (Phi) is 5.47. The fourth-order valence-corrected chi connectivity index (χ4v) is 7.53. The third-order valence-corrected chi connectivity index (χ3v) is 9.68. The minimum Gasteiger partial charge on any atom is -0.333 e. The maximum Gasteiger partial charge on any atom is 0.0588 e. The maximum atomic E-state index is 2.56. The van der Waals surface area contributed by atoms with Crippen LogP contribution in [0.3, 0.4) is 0 Å². The molecule has 2 heterocycles. The Bertz CT molecular complexity index is 2030. The molecule has 2 aliphatic rings. The van der Waals surface area contributed by atoms with Crippen molar-refractivity contribution in [3.8, 4) is 0 Å². The lowest BCUT2D eigenvalue weighted by molar-refractivity contribution is 0.483. The molecule has 0 aliphatic heterocycles. The molecule has 0 N–H and O–H groups in total. The van der Waals surface area contributed by atoms with E-state index in [1.165, 1.54) is 71.6 Å². The van der Waals surface area contributed by atoms with Crippen LogP contribution in [0.15, 0.2) is 138 Å². The Morgan fingerprint density at radius 1 is 0.610 bits per heavy atom. The van der Waals surface area contributed by atoms with Gasteiger partial charge in [0.2, 0.25) is 0 Å². The molecule has 0 saturated heterocycles. The molecule has 200 valence electrons. The zero-order valence-electron chi connectivity index (χ0n) is 23.9. The van der Waals surface area contributed by atoms with Crippen LogP contribution in [0, 0.1) is 5.92 Å². The SMILES string of the molecule is CC1=C(C2=C(C)C(C)C(n3c4ccccc4c4ccccc43)C=C2)CCC(n2c3ccccc3c3ccccc32)=C1. The van der Waals surface area contributed by atoms with Crippen LogP contribution < -0.4 is 0 Å². The van der Waals surface area contributed by atoms with E-state index in [4.69, 9.17) is 0 Å². The number of fused-ring (bicyclic) bond motifs is 6. The number of para-hydroxylation sites is 4.